The molecule has 0 saturated carbocycles. The van der Waals surface area contributed by atoms with Gasteiger partial charge in [0, 0.05) is 47.2 Å². The normalized spacial score (nSPS) is 16.1. The van der Waals surface area contributed by atoms with Crippen molar-refractivity contribution in [3.05, 3.63) is 90.4 Å². The van der Waals surface area contributed by atoms with Crippen LogP contribution in [0.5, 0.6) is 5.75 Å². The highest BCUT2D eigenvalue weighted by molar-refractivity contribution is 8.00. The van der Waals surface area contributed by atoms with Crippen molar-refractivity contribution in [1.29, 1.82) is 0 Å². The van der Waals surface area contributed by atoms with Gasteiger partial charge in [0.2, 0.25) is 0 Å². The smallest absolute Gasteiger partial charge is 0.170 e. The Hall–Kier alpha value is -3.25. The number of aromatic amines is 1. The maximum Gasteiger partial charge on any atom is 0.170 e. The van der Waals surface area contributed by atoms with Gasteiger partial charge in [-0.2, -0.15) is 0 Å². The lowest BCUT2D eigenvalue weighted by Gasteiger charge is -2.15. The largest absolute Gasteiger partial charge is 0.489 e. The number of nitrogens with zero attached hydrogens (tertiary/aromatic N) is 2. The second-order valence-electron chi connectivity index (χ2n) is 7.31. The monoisotopic (exact) mass is 415 g/mol. The SMILES string of the molecule is O=C(c1c[nH]c2cc(OCc3ccccc3)ccc12)C1CSN(c2cccnc2)C1. The first-order valence-electron chi connectivity index (χ1n) is 9.90. The first-order valence-corrected chi connectivity index (χ1v) is 10.8. The van der Waals surface area contributed by atoms with Gasteiger partial charge in [-0.3, -0.25) is 9.78 Å². The van der Waals surface area contributed by atoms with Crippen LogP contribution in [0, 0.1) is 5.92 Å². The summed E-state index contributed by atoms with van der Waals surface area (Å²) in [6.45, 7) is 1.21. The molecule has 0 amide bonds. The minimum Gasteiger partial charge on any atom is -0.489 e. The third-order valence-electron chi connectivity index (χ3n) is 5.29. The van der Waals surface area contributed by atoms with Crippen LogP contribution >= 0.6 is 11.9 Å². The van der Waals surface area contributed by atoms with Gasteiger partial charge >= 0.3 is 0 Å². The summed E-state index contributed by atoms with van der Waals surface area (Å²) >= 11 is 1.68. The maximum atomic E-state index is 13.2. The van der Waals surface area contributed by atoms with Crippen LogP contribution < -0.4 is 9.04 Å². The third kappa shape index (κ3) is 3.78. The lowest BCUT2D eigenvalue weighted by atomic mass is 9.98. The van der Waals surface area contributed by atoms with Crippen LogP contribution in [0.3, 0.4) is 0 Å². The number of rotatable bonds is 6. The number of aromatic nitrogens is 2. The molecule has 0 bridgehead atoms. The van der Waals surface area contributed by atoms with Gasteiger partial charge in [-0.15, -0.1) is 0 Å². The van der Waals surface area contributed by atoms with Gasteiger partial charge < -0.3 is 14.0 Å². The molecular formula is C24H21N3O2S. The lowest BCUT2D eigenvalue weighted by Crippen LogP contribution is -2.21. The molecule has 30 heavy (non-hydrogen) atoms. The fraction of sp³-hybridized carbons (Fsp3) is 0.167. The zero-order valence-electron chi connectivity index (χ0n) is 16.3. The zero-order chi connectivity index (χ0) is 20.3. The predicted octanol–water partition coefficient (Wildman–Crippen LogP) is 5.11. The predicted molar refractivity (Wildman–Crippen MR) is 121 cm³/mol. The lowest BCUT2D eigenvalue weighted by molar-refractivity contribution is 0.0942. The molecule has 0 spiro atoms. The number of anilines is 1. The van der Waals surface area contributed by atoms with Crippen molar-refractivity contribution >= 4 is 34.3 Å². The Balaban J connectivity index is 1.29. The Morgan fingerprint density at radius 3 is 2.90 bits per heavy atom. The summed E-state index contributed by atoms with van der Waals surface area (Å²) in [5.41, 5.74) is 3.82. The molecule has 0 aliphatic carbocycles. The molecular weight excluding hydrogens is 394 g/mol. The van der Waals surface area contributed by atoms with E-state index in [9.17, 15) is 4.79 Å². The molecule has 5 nitrogen and oxygen atoms in total. The topological polar surface area (TPSA) is 58.2 Å². The summed E-state index contributed by atoms with van der Waals surface area (Å²) in [4.78, 5) is 20.6. The minimum atomic E-state index is -0.0387. The highest BCUT2D eigenvalue weighted by Gasteiger charge is 2.31. The van der Waals surface area contributed by atoms with Gasteiger partial charge in [-0.05, 0) is 41.8 Å². The van der Waals surface area contributed by atoms with E-state index in [1.165, 1.54) is 0 Å². The Bertz CT molecular complexity index is 1160. The van der Waals surface area contributed by atoms with Crippen LogP contribution in [-0.2, 0) is 6.61 Å². The molecule has 1 N–H and O–H groups in total. The molecule has 0 radical (unpaired) electrons. The minimum absolute atomic E-state index is 0.0387. The van der Waals surface area contributed by atoms with Crippen molar-refractivity contribution in [2.45, 2.75) is 6.61 Å². The van der Waals surface area contributed by atoms with E-state index < -0.39 is 0 Å². The molecule has 1 aliphatic heterocycles. The van der Waals surface area contributed by atoms with E-state index in [0.717, 1.165) is 39.2 Å². The Kier molecular flexibility index (Phi) is 5.15. The molecule has 1 atom stereocenters. The van der Waals surface area contributed by atoms with Crippen LogP contribution in [0.2, 0.25) is 0 Å². The average molecular weight is 416 g/mol. The van der Waals surface area contributed by atoms with E-state index >= 15 is 0 Å². The van der Waals surface area contributed by atoms with E-state index in [1.807, 2.05) is 73.1 Å². The van der Waals surface area contributed by atoms with Crippen LogP contribution in [-0.4, -0.2) is 28.0 Å². The molecule has 5 rings (SSSR count). The first-order chi connectivity index (χ1) is 14.8. The van der Waals surface area contributed by atoms with Gasteiger partial charge in [-0.1, -0.05) is 30.3 Å². The van der Waals surface area contributed by atoms with Crippen LogP contribution in [0.25, 0.3) is 10.9 Å². The van der Waals surface area contributed by atoms with Gasteiger partial charge in [0.15, 0.2) is 5.78 Å². The quantitative estimate of drug-likeness (QED) is 0.350. The molecule has 6 heteroatoms. The fourth-order valence-electron chi connectivity index (χ4n) is 3.69. The van der Waals surface area contributed by atoms with E-state index in [4.69, 9.17) is 4.74 Å². The van der Waals surface area contributed by atoms with E-state index in [2.05, 4.69) is 14.3 Å². The second kappa shape index (κ2) is 8.24. The Morgan fingerprint density at radius 2 is 2.07 bits per heavy atom. The molecule has 1 saturated heterocycles. The van der Waals surface area contributed by atoms with E-state index in [0.29, 0.717) is 13.2 Å². The maximum absolute atomic E-state index is 13.2. The number of benzene rings is 2. The highest BCUT2D eigenvalue weighted by atomic mass is 32.2. The number of hydrogen-bond acceptors (Lipinski definition) is 5. The van der Waals surface area contributed by atoms with E-state index in [-0.39, 0.29) is 11.7 Å². The number of fused-ring (bicyclic) bond motifs is 1. The summed E-state index contributed by atoms with van der Waals surface area (Å²) in [6.07, 6.45) is 5.42. The van der Waals surface area contributed by atoms with Crippen molar-refractivity contribution in [1.82, 2.24) is 9.97 Å². The summed E-state index contributed by atoms with van der Waals surface area (Å²) in [5.74, 6) is 1.70. The third-order valence-corrected chi connectivity index (χ3v) is 6.51. The van der Waals surface area contributed by atoms with Gasteiger partial charge in [0.05, 0.1) is 17.8 Å². The summed E-state index contributed by atoms with van der Waals surface area (Å²) in [5, 5.41) is 0.942. The van der Waals surface area contributed by atoms with Gasteiger partial charge in [0.1, 0.15) is 12.4 Å². The number of Topliss-reactive ketones (excluding diaryl/α,β-unsaturated/α-hetero) is 1. The number of ether oxygens (including phenoxy) is 1. The molecule has 4 aromatic rings. The Labute approximate surface area is 179 Å². The van der Waals surface area contributed by atoms with Crippen molar-refractivity contribution in [2.75, 3.05) is 16.6 Å². The first kappa shape index (κ1) is 18.8. The summed E-state index contributed by atoms with van der Waals surface area (Å²) in [6, 6.07) is 19.9. The van der Waals surface area contributed by atoms with Crippen LogP contribution in [0.1, 0.15) is 15.9 Å². The standard InChI is InChI=1S/C24H21N3O2S/c28-24(18-14-27(30-16-18)19-7-4-10-25-12-19)22-13-26-23-11-20(8-9-21(22)23)29-15-17-5-2-1-3-6-17/h1-13,18,26H,14-16H2. The number of nitrogens with one attached hydrogen (secondary N) is 1. The van der Waals surface area contributed by atoms with Gasteiger partial charge in [0.25, 0.3) is 0 Å². The Morgan fingerprint density at radius 1 is 1.17 bits per heavy atom. The average Bonchev–Trinajstić information content (AvgIpc) is 3.46. The van der Waals surface area contributed by atoms with Crippen molar-refractivity contribution in [3.8, 4) is 5.75 Å². The van der Waals surface area contributed by atoms with E-state index in [1.54, 1.807) is 18.1 Å². The molecule has 3 heterocycles. The molecule has 1 aliphatic rings. The molecule has 2 aromatic carbocycles. The zero-order valence-corrected chi connectivity index (χ0v) is 17.1. The highest BCUT2D eigenvalue weighted by Crippen LogP contribution is 2.34. The molecule has 2 aromatic heterocycles. The number of carbonyl (C=O) groups is 1. The molecule has 1 fully saturated rings. The number of hydrogen-bond donors (Lipinski definition) is 1. The fourth-order valence-corrected chi connectivity index (χ4v) is 4.84. The van der Waals surface area contributed by atoms with Crippen LogP contribution in [0.4, 0.5) is 5.69 Å². The summed E-state index contributed by atoms with van der Waals surface area (Å²) in [7, 11) is 0. The second-order valence-corrected chi connectivity index (χ2v) is 8.35. The number of H-pyrrole nitrogens is 1. The molecule has 1 unspecified atom stereocenters. The van der Waals surface area contributed by atoms with Gasteiger partial charge in [-0.25, -0.2) is 0 Å². The molecule has 150 valence electrons. The number of carbonyl (C=O) groups excluding carboxylic acids is 1. The van der Waals surface area contributed by atoms with Crippen molar-refractivity contribution in [2.24, 2.45) is 5.92 Å². The van der Waals surface area contributed by atoms with Crippen molar-refractivity contribution < 1.29 is 9.53 Å². The van der Waals surface area contributed by atoms with Crippen molar-refractivity contribution in [3.63, 3.8) is 0 Å². The van der Waals surface area contributed by atoms with Crippen LogP contribution in [0.15, 0.2) is 79.3 Å². The number of pyridine rings is 1. The summed E-state index contributed by atoms with van der Waals surface area (Å²) < 4.78 is 8.06. The number of ketones is 1.